The van der Waals surface area contributed by atoms with Crippen LogP contribution in [0.5, 0.6) is 5.75 Å². The average molecular weight is 277 g/mol. The molecule has 0 bridgehead atoms. The lowest BCUT2D eigenvalue weighted by Crippen LogP contribution is -2.41. The van der Waals surface area contributed by atoms with Crippen molar-refractivity contribution in [2.75, 3.05) is 13.2 Å². The molecule has 0 saturated heterocycles. The van der Waals surface area contributed by atoms with Crippen LogP contribution in [0.1, 0.15) is 26.3 Å². The van der Waals surface area contributed by atoms with E-state index >= 15 is 0 Å². The van der Waals surface area contributed by atoms with Crippen molar-refractivity contribution in [2.24, 2.45) is 0 Å². The molecule has 0 heterocycles. The number of nitrogens with zero attached hydrogens (tertiary/aromatic N) is 1. The summed E-state index contributed by atoms with van der Waals surface area (Å²) < 4.78 is 11.6. The summed E-state index contributed by atoms with van der Waals surface area (Å²) >= 11 is 0. The first-order valence-electron chi connectivity index (χ1n) is 6.53. The van der Waals surface area contributed by atoms with Gasteiger partial charge in [0.1, 0.15) is 12.4 Å². The average Bonchev–Trinajstić information content (AvgIpc) is 2.33. The van der Waals surface area contributed by atoms with Crippen LogP contribution < -0.4 is 4.74 Å². The minimum Gasteiger partial charge on any atom is -0.491 e. The van der Waals surface area contributed by atoms with Gasteiger partial charge in [0, 0.05) is 0 Å². The van der Waals surface area contributed by atoms with Crippen LogP contribution in [0.2, 0.25) is 18.1 Å². The Kier molecular flexibility index (Phi) is 5.16. The predicted molar refractivity (Wildman–Crippen MR) is 79.8 cm³/mol. The third-order valence-corrected chi connectivity index (χ3v) is 8.12. The van der Waals surface area contributed by atoms with Gasteiger partial charge >= 0.3 is 0 Å². The summed E-state index contributed by atoms with van der Waals surface area (Å²) in [6.45, 7) is 12.2. The number of hydrogen-bond donors (Lipinski definition) is 0. The van der Waals surface area contributed by atoms with Crippen molar-refractivity contribution in [1.82, 2.24) is 0 Å². The SMILES string of the molecule is CC(C)(C)[Si](C)(C)OCCOc1cccc(C#N)c1. The standard InChI is InChI=1S/C15H23NO2Si/c1-15(2,3)19(4,5)18-10-9-17-14-8-6-7-13(11-14)12-16/h6-8,11H,9-10H2,1-5H3. The summed E-state index contributed by atoms with van der Waals surface area (Å²) in [7, 11) is -1.69. The molecule has 3 nitrogen and oxygen atoms in total. The zero-order valence-corrected chi connectivity index (χ0v) is 13.5. The fraction of sp³-hybridized carbons (Fsp3) is 0.533. The molecule has 104 valence electrons. The van der Waals surface area contributed by atoms with Gasteiger partial charge in [0.15, 0.2) is 8.32 Å². The normalized spacial score (nSPS) is 12.0. The van der Waals surface area contributed by atoms with Crippen LogP contribution >= 0.6 is 0 Å². The van der Waals surface area contributed by atoms with E-state index in [0.29, 0.717) is 18.8 Å². The summed E-state index contributed by atoms with van der Waals surface area (Å²) in [5.41, 5.74) is 0.614. The lowest BCUT2D eigenvalue weighted by molar-refractivity contribution is 0.203. The van der Waals surface area contributed by atoms with Gasteiger partial charge in [0.2, 0.25) is 0 Å². The molecule has 0 radical (unpaired) electrons. The van der Waals surface area contributed by atoms with E-state index < -0.39 is 8.32 Å². The molecule has 4 heteroatoms. The minimum absolute atomic E-state index is 0.216. The van der Waals surface area contributed by atoms with Crippen LogP contribution in [-0.4, -0.2) is 21.5 Å². The van der Waals surface area contributed by atoms with Crippen LogP contribution in [0.3, 0.4) is 0 Å². The molecule has 1 aromatic carbocycles. The fourth-order valence-corrected chi connectivity index (χ4v) is 2.35. The maximum Gasteiger partial charge on any atom is 0.192 e. The highest BCUT2D eigenvalue weighted by Gasteiger charge is 2.36. The molecule has 0 amide bonds. The highest BCUT2D eigenvalue weighted by atomic mass is 28.4. The Hall–Kier alpha value is -1.31. The summed E-state index contributed by atoms with van der Waals surface area (Å²) in [6, 6.07) is 9.28. The molecule has 0 aliphatic carbocycles. The van der Waals surface area contributed by atoms with Crippen LogP contribution in [0.15, 0.2) is 24.3 Å². The largest absolute Gasteiger partial charge is 0.491 e. The molecular formula is C15H23NO2Si. The van der Waals surface area contributed by atoms with Crippen LogP contribution in [0, 0.1) is 11.3 Å². The van der Waals surface area contributed by atoms with Gasteiger partial charge in [-0.3, -0.25) is 0 Å². The Bertz CT molecular complexity index is 458. The van der Waals surface area contributed by atoms with Gasteiger partial charge in [-0.1, -0.05) is 26.8 Å². The molecule has 0 spiro atoms. The number of benzene rings is 1. The maximum absolute atomic E-state index is 8.81. The number of ether oxygens (including phenoxy) is 1. The molecule has 19 heavy (non-hydrogen) atoms. The summed E-state index contributed by atoms with van der Waals surface area (Å²) in [6.07, 6.45) is 0. The lowest BCUT2D eigenvalue weighted by Gasteiger charge is -2.36. The molecule has 0 aliphatic heterocycles. The van der Waals surface area contributed by atoms with Crippen LogP contribution in [0.25, 0.3) is 0 Å². The molecule has 0 unspecified atom stereocenters. The van der Waals surface area contributed by atoms with Crippen molar-refractivity contribution in [3.63, 3.8) is 0 Å². The van der Waals surface area contributed by atoms with Crippen molar-refractivity contribution in [1.29, 1.82) is 5.26 Å². The fourth-order valence-electron chi connectivity index (χ4n) is 1.33. The van der Waals surface area contributed by atoms with E-state index in [2.05, 4.69) is 39.9 Å². The quantitative estimate of drug-likeness (QED) is 0.604. The van der Waals surface area contributed by atoms with Crippen LogP contribution in [0.4, 0.5) is 0 Å². The minimum atomic E-state index is -1.69. The van der Waals surface area contributed by atoms with Gasteiger partial charge in [-0.2, -0.15) is 5.26 Å². The highest BCUT2D eigenvalue weighted by molar-refractivity contribution is 6.74. The molecule has 0 fully saturated rings. The van der Waals surface area contributed by atoms with E-state index in [0.717, 1.165) is 5.75 Å². The summed E-state index contributed by atoms with van der Waals surface area (Å²) in [5.74, 6) is 0.720. The number of rotatable bonds is 5. The Morgan fingerprint density at radius 1 is 1.21 bits per heavy atom. The van der Waals surface area contributed by atoms with Gasteiger partial charge < -0.3 is 9.16 Å². The molecule has 1 rings (SSSR count). The predicted octanol–water partition coefficient (Wildman–Crippen LogP) is 3.96. The molecule has 0 atom stereocenters. The van der Waals surface area contributed by atoms with E-state index in [1.165, 1.54) is 0 Å². The first-order chi connectivity index (χ1) is 8.76. The van der Waals surface area contributed by atoms with E-state index in [1.807, 2.05) is 12.1 Å². The molecule has 0 N–H and O–H groups in total. The second kappa shape index (κ2) is 6.22. The van der Waals surface area contributed by atoms with E-state index in [9.17, 15) is 0 Å². The second-order valence-electron chi connectivity index (χ2n) is 6.10. The third-order valence-electron chi connectivity index (χ3n) is 3.58. The van der Waals surface area contributed by atoms with E-state index in [4.69, 9.17) is 14.4 Å². The Balaban J connectivity index is 2.41. The van der Waals surface area contributed by atoms with Crippen molar-refractivity contribution in [3.8, 4) is 11.8 Å². The highest BCUT2D eigenvalue weighted by Crippen LogP contribution is 2.36. The van der Waals surface area contributed by atoms with Gasteiger partial charge in [-0.05, 0) is 36.3 Å². The Morgan fingerprint density at radius 3 is 2.47 bits per heavy atom. The molecule has 0 saturated carbocycles. The lowest BCUT2D eigenvalue weighted by atomic mass is 10.2. The Labute approximate surface area is 117 Å². The zero-order valence-electron chi connectivity index (χ0n) is 12.5. The zero-order chi connectivity index (χ0) is 14.5. The van der Waals surface area contributed by atoms with Crippen molar-refractivity contribution < 1.29 is 9.16 Å². The first-order valence-corrected chi connectivity index (χ1v) is 9.44. The maximum atomic E-state index is 8.81. The van der Waals surface area contributed by atoms with Gasteiger partial charge in [0.05, 0.1) is 18.2 Å². The van der Waals surface area contributed by atoms with Gasteiger partial charge in [-0.15, -0.1) is 0 Å². The number of hydrogen-bond acceptors (Lipinski definition) is 3. The summed E-state index contributed by atoms with van der Waals surface area (Å²) in [5, 5.41) is 9.02. The van der Waals surface area contributed by atoms with Crippen LogP contribution in [-0.2, 0) is 4.43 Å². The molecule has 0 aliphatic rings. The summed E-state index contributed by atoms with van der Waals surface area (Å²) in [4.78, 5) is 0. The molecular weight excluding hydrogens is 254 g/mol. The molecule has 1 aromatic rings. The van der Waals surface area contributed by atoms with Crippen molar-refractivity contribution in [2.45, 2.75) is 38.9 Å². The Morgan fingerprint density at radius 2 is 1.89 bits per heavy atom. The smallest absolute Gasteiger partial charge is 0.192 e. The van der Waals surface area contributed by atoms with E-state index in [-0.39, 0.29) is 5.04 Å². The van der Waals surface area contributed by atoms with Gasteiger partial charge in [0.25, 0.3) is 0 Å². The monoisotopic (exact) mass is 277 g/mol. The van der Waals surface area contributed by atoms with Crippen molar-refractivity contribution >= 4 is 8.32 Å². The van der Waals surface area contributed by atoms with Crippen molar-refractivity contribution in [3.05, 3.63) is 29.8 Å². The topological polar surface area (TPSA) is 42.2 Å². The second-order valence-corrected chi connectivity index (χ2v) is 10.9. The first kappa shape index (κ1) is 15.7. The number of nitriles is 1. The molecule has 0 aromatic heterocycles. The van der Waals surface area contributed by atoms with Gasteiger partial charge in [-0.25, -0.2) is 0 Å². The third kappa shape index (κ3) is 4.70. The van der Waals surface area contributed by atoms with E-state index in [1.54, 1.807) is 12.1 Å².